The third-order valence-corrected chi connectivity index (χ3v) is 2.77. The number of carbonyl (C=O) groups excluding carboxylic acids is 1. The fourth-order valence-electron chi connectivity index (χ4n) is 1.66. The Kier molecular flexibility index (Phi) is 3.66. The first kappa shape index (κ1) is 13.3. The van der Waals surface area contributed by atoms with E-state index in [1.165, 1.54) is 0 Å². The second-order valence-electron chi connectivity index (χ2n) is 4.60. The lowest BCUT2D eigenvalue weighted by Crippen LogP contribution is -2.32. The molecule has 0 radical (unpaired) electrons. The van der Waals surface area contributed by atoms with Gasteiger partial charge >= 0.3 is 0 Å². The van der Waals surface area contributed by atoms with Crippen LogP contribution in [0.3, 0.4) is 0 Å². The maximum Gasteiger partial charge on any atom is 0.240 e. The van der Waals surface area contributed by atoms with Crippen molar-refractivity contribution in [3.05, 3.63) is 35.7 Å². The Bertz CT molecular complexity index is 602. The van der Waals surface area contributed by atoms with E-state index in [0.29, 0.717) is 11.6 Å². The number of oxazole rings is 1. The molecule has 2 rings (SSSR count). The van der Waals surface area contributed by atoms with Crippen molar-refractivity contribution < 1.29 is 9.21 Å². The summed E-state index contributed by atoms with van der Waals surface area (Å²) < 4.78 is 5.39. The predicted molar refractivity (Wildman–Crippen MR) is 73.7 cm³/mol. The first-order valence-corrected chi connectivity index (χ1v) is 6.07. The average Bonchev–Trinajstić information content (AvgIpc) is 2.78. The van der Waals surface area contributed by atoms with E-state index in [2.05, 4.69) is 10.3 Å². The van der Waals surface area contributed by atoms with Gasteiger partial charge in [0.2, 0.25) is 11.8 Å². The molecule has 0 unspecified atom stereocenters. The number of carbonyl (C=O) groups is 1. The van der Waals surface area contributed by atoms with Gasteiger partial charge in [-0.05, 0) is 38.5 Å². The van der Waals surface area contributed by atoms with Crippen molar-refractivity contribution in [2.45, 2.75) is 26.8 Å². The standard InChI is InChI=1S/C14H17N3O2/c1-8-4-5-11(17-13(18)10(3)15)6-12(8)14-16-9(2)7-19-14/h4-7,10H,15H2,1-3H3,(H,17,18)/t10-/m0/s1. The van der Waals surface area contributed by atoms with Crippen molar-refractivity contribution in [1.29, 1.82) is 0 Å². The number of nitrogens with two attached hydrogens (primary N) is 1. The van der Waals surface area contributed by atoms with Crippen LogP contribution >= 0.6 is 0 Å². The maximum absolute atomic E-state index is 11.6. The van der Waals surface area contributed by atoms with Crippen molar-refractivity contribution in [2.24, 2.45) is 5.73 Å². The highest BCUT2D eigenvalue weighted by Crippen LogP contribution is 2.26. The summed E-state index contributed by atoms with van der Waals surface area (Å²) in [7, 11) is 0. The van der Waals surface area contributed by atoms with Gasteiger partial charge in [-0.1, -0.05) is 6.07 Å². The lowest BCUT2D eigenvalue weighted by molar-refractivity contribution is -0.117. The molecule has 0 aliphatic rings. The molecule has 5 heteroatoms. The minimum Gasteiger partial charge on any atom is -0.444 e. The van der Waals surface area contributed by atoms with Gasteiger partial charge in [-0.15, -0.1) is 0 Å². The minimum absolute atomic E-state index is 0.224. The Morgan fingerprint density at radius 1 is 1.42 bits per heavy atom. The first-order valence-electron chi connectivity index (χ1n) is 6.07. The highest BCUT2D eigenvalue weighted by Gasteiger charge is 2.12. The van der Waals surface area contributed by atoms with E-state index in [-0.39, 0.29) is 5.91 Å². The molecule has 1 heterocycles. The molecular weight excluding hydrogens is 242 g/mol. The van der Waals surface area contributed by atoms with E-state index in [1.54, 1.807) is 13.2 Å². The second-order valence-corrected chi connectivity index (χ2v) is 4.60. The number of rotatable bonds is 3. The molecule has 0 bridgehead atoms. The molecule has 0 saturated heterocycles. The van der Waals surface area contributed by atoms with Crippen molar-refractivity contribution in [3.63, 3.8) is 0 Å². The molecule has 0 saturated carbocycles. The molecule has 3 N–H and O–H groups in total. The quantitative estimate of drug-likeness (QED) is 0.885. The summed E-state index contributed by atoms with van der Waals surface area (Å²) in [6, 6.07) is 5.02. The van der Waals surface area contributed by atoms with Crippen LogP contribution in [-0.2, 0) is 4.79 Å². The molecule has 100 valence electrons. The number of benzene rings is 1. The normalized spacial score (nSPS) is 12.2. The van der Waals surface area contributed by atoms with Gasteiger partial charge in [0, 0.05) is 11.3 Å². The number of anilines is 1. The predicted octanol–water partition coefficient (Wildman–Crippen LogP) is 2.24. The molecule has 19 heavy (non-hydrogen) atoms. The molecule has 0 aliphatic carbocycles. The number of nitrogens with one attached hydrogen (secondary N) is 1. The van der Waals surface area contributed by atoms with E-state index in [4.69, 9.17) is 10.2 Å². The van der Waals surface area contributed by atoms with Crippen LogP contribution in [0.2, 0.25) is 0 Å². The number of amides is 1. The van der Waals surface area contributed by atoms with Crippen LogP contribution in [0.1, 0.15) is 18.2 Å². The Hall–Kier alpha value is -2.14. The van der Waals surface area contributed by atoms with Crippen LogP contribution in [-0.4, -0.2) is 16.9 Å². The van der Waals surface area contributed by atoms with Gasteiger partial charge in [-0.3, -0.25) is 4.79 Å². The Labute approximate surface area is 111 Å². The monoisotopic (exact) mass is 259 g/mol. The average molecular weight is 259 g/mol. The molecule has 5 nitrogen and oxygen atoms in total. The van der Waals surface area contributed by atoms with Crippen LogP contribution in [0.25, 0.3) is 11.5 Å². The topological polar surface area (TPSA) is 81.2 Å². The summed E-state index contributed by atoms with van der Waals surface area (Å²) in [4.78, 5) is 15.9. The first-order chi connectivity index (χ1) is 8.97. The zero-order chi connectivity index (χ0) is 14.0. The van der Waals surface area contributed by atoms with Gasteiger partial charge in [0.05, 0.1) is 11.7 Å². The summed E-state index contributed by atoms with van der Waals surface area (Å²) >= 11 is 0. The molecular formula is C14H17N3O2. The zero-order valence-corrected chi connectivity index (χ0v) is 11.2. The number of hydrogen-bond donors (Lipinski definition) is 2. The third kappa shape index (κ3) is 3.00. The maximum atomic E-state index is 11.6. The molecule has 1 aromatic heterocycles. The molecule has 0 fully saturated rings. The third-order valence-electron chi connectivity index (χ3n) is 2.77. The van der Waals surface area contributed by atoms with Gasteiger partial charge in [0.25, 0.3) is 0 Å². The fraction of sp³-hybridized carbons (Fsp3) is 0.286. The lowest BCUT2D eigenvalue weighted by Gasteiger charge is -2.10. The van der Waals surface area contributed by atoms with Gasteiger partial charge in [0.1, 0.15) is 6.26 Å². The molecule has 1 atom stereocenters. The minimum atomic E-state index is -0.547. The Morgan fingerprint density at radius 3 is 2.74 bits per heavy atom. The molecule has 1 amide bonds. The summed E-state index contributed by atoms with van der Waals surface area (Å²) in [6.45, 7) is 5.47. The van der Waals surface area contributed by atoms with Crippen molar-refractivity contribution in [1.82, 2.24) is 4.98 Å². The summed E-state index contributed by atoms with van der Waals surface area (Å²) in [5.74, 6) is 0.324. The summed E-state index contributed by atoms with van der Waals surface area (Å²) in [6.07, 6.45) is 1.60. The lowest BCUT2D eigenvalue weighted by atomic mass is 10.1. The fourth-order valence-corrected chi connectivity index (χ4v) is 1.66. The number of aromatic nitrogens is 1. The largest absolute Gasteiger partial charge is 0.444 e. The zero-order valence-electron chi connectivity index (χ0n) is 11.2. The van der Waals surface area contributed by atoms with E-state index in [9.17, 15) is 4.79 Å². The highest BCUT2D eigenvalue weighted by atomic mass is 16.3. The van der Waals surface area contributed by atoms with E-state index >= 15 is 0 Å². The van der Waals surface area contributed by atoms with Crippen molar-refractivity contribution in [2.75, 3.05) is 5.32 Å². The summed E-state index contributed by atoms with van der Waals surface area (Å²) in [5, 5.41) is 2.75. The van der Waals surface area contributed by atoms with Crippen molar-refractivity contribution in [3.8, 4) is 11.5 Å². The van der Waals surface area contributed by atoms with Gasteiger partial charge < -0.3 is 15.5 Å². The molecule has 1 aromatic carbocycles. The van der Waals surface area contributed by atoms with Crippen LogP contribution in [0, 0.1) is 13.8 Å². The molecule has 0 aliphatic heterocycles. The van der Waals surface area contributed by atoms with Crippen LogP contribution in [0.4, 0.5) is 5.69 Å². The van der Waals surface area contributed by atoms with Crippen LogP contribution < -0.4 is 11.1 Å². The molecule has 2 aromatic rings. The smallest absolute Gasteiger partial charge is 0.240 e. The number of aryl methyl sites for hydroxylation is 2. The van der Waals surface area contributed by atoms with Crippen LogP contribution in [0.15, 0.2) is 28.9 Å². The van der Waals surface area contributed by atoms with E-state index in [0.717, 1.165) is 16.8 Å². The van der Waals surface area contributed by atoms with E-state index < -0.39 is 6.04 Å². The van der Waals surface area contributed by atoms with Crippen molar-refractivity contribution >= 4 is 11.6 Å². The second kappa shape index (κ2) is 5.24. The van der Waals surface area contributed by atoms with Gasteiger partial charge in [0.15, 0.2) is 0 Å². The Morgan fingerprint density at radius 2 is 2.16 bits per heavy atom. The molecule has 0 spiro atoms. The summed E-state index contributed by atoms with van der Waals surface area (Å²) in [5.41, 5.74) is 8.91. The Balaban J connectivity index is 2.32. The highest BCUT2D eigenvalue weighted by molar-refractivity contribution is 5.94. The van der Waals surface area contributed by atoms with E-state index in [1.807, 2.05) is 32.0 Å². The number of hydrogen-bond acceptors (Lipinski definition) is 4. The van der Waals surface area contributed by atoms with Gasteiger partial charge in [-0.25, -0.2) is 4.98 Å². The van der Waals surface area contributed by atoms with Crippen LogP contribution in [0.5, 0.6) is 0 Å². The SMILES string of the molecule is Cc1coc(-c2cc(NC(=O)[C@H](C)N)ccc2C)n1. The number of nitrogens with zero attached hydrogens (tertiary/aromatic N) is 1. The van der Waals surface area contributed by atoms with Gasteiger partial charge in [-0.2, -0.15) is 0 Å².